The van der Waals surface area contributed by atoms with Crippen molar-refractivity contribution in [1.29, 1.82) is 0 Å². The quantitative estimate of drug-likeness (QED) is 0.788. The summed E-state index contributed by atoms with van der Waals surface area (Å²) in [6, 6.07) is 5.18. The fourth-order valence-corrected chi connectivity index (χ4v) is 2.38. The van der Waals surface area contributed by atoms with Gasteiger partial charge in [0, 0.05) is 12.6 Å². The van der Waals surface area contributed by atoms with Crippen molar-refractivity contribution in [3.8, 4) is 5.75 Å². The molecule has 1 aromatic rings. The van der Waals surface area contributed by atoms with Gasteiger partial charge in [0.15, 0.2) is 11.6 Å². The molecule has 0 aliphatic rings. The van der Waals surface area contributed by atoms with Crippen LogP contribution in [0.3, 0.4) is 0 Å². The van der Waals surface area contributed by atoms with E-state index in [0.29, 0.717) is 6.54 Å². The smallest absolute Gasteiger partial charge is 0.165 e. The first-order valence-electron chi connectivity index (χ1n) is 6.95. The molecule has 0 aliphatic carbocycles. The zero-order chi connectivity index (χ0) is 14.3. The Morgan fingerprint density at radius 3 is 2.32 bits per heavy atom. The molecule has 0 aliphatic heterocycles. The van der Waals surface area contributed by atoms with Crippen LogP contribution in [0.1, 0.15) is 38.3 Å². The zero-order valence-corrected chi connectivity index (χ0v) is 12.2. The number of hydrogen-bond donors (Lipinski definition) is 1. The molecule has 1 unspecified atom stereocenters. The second-order valence-electron chi connectivity index (χ2n) is 4.68. The van der Waals surface area contributed by atoms with E-state index in [0.717, 1.165) is 31.5 Å². The third-order valence-electron chi connectivity index (χ3n) is 3.25. The van der Waals surface area contributed by atoms with Gasteiger partial charge in [0.2, 0.25) is 0 Å². The van der Waals surface area contributed by atoms with Gasteiger partial charge in [0.05, 0.1) is 7.11 Å². The molecule has 3 nitrogen and oxygen atoms in total. The molecule has 0 spiro atoms. The highest BCUT2D eigenvalue weighted by atomic mass is 19.1. The van der Waals surface area contributed by atoms with Gasteiger partial charge in [-0.25, -0.2) is 4.39 Å². The third-order valence-corrected chi connectivity index (χ3v) is 3.25. The molecule has 1 rings (SSSR count). The van der Waals surface area contributed by atoms with Crippen molar-refractivity contribution in [2.24, 2.45) is 5.73 Å². The molecule has 4 heteroatoms. The van der Waals surface area contributed by atoms with Gasteiger partial charge < -0.3 is 10.5 Å². The van der Waals surface area contributed by atoms with Gasteiger partial charge in [0.25, 0.3) is 0 Å². The summed E-state index contributed by atoms with van der Waals surface area (Å²) < 4.78 is 18.7. The van der Waals surface area contributed by atoms with E-state index in [1.807, 2.05) is 6.07 Å². The Labute approximate surface area is 115 Å². The highest BCUT2D eigenvalue weighted by Crippen LogP contribution is 2.25. The molecule has 1 aromatic carbocycles. The summed E-state index contributed by atoms with van der Waals surface area (Å²) in [4.78, 5) is 2.32. The first-order valence-corrected chi connectivity index (χ1v) is 6.95. The van der Waals surface area contributed by atoms with Gasteiger partial charge in [-0.05, 0) is 43.6 Å². The van der Waals surface area contributed by atoms with Crippen LogP contribution in [0.2, 0.25) is 0 Å². The van der Waals surface area contributed by atoms with Crippen LogP contribution < -0.4 is 10.5 Å². The second kappa shape index (κ2) is 8.12. The Hall–Kier alpha value is -1.13. The van der Waals surface area contributed by atoms with Crippen molar-refractivity contribution in [3.63, 3.8) is 0 Å². The monoisotopic (exact) mass is 268 g/mol. The van der Waals surface area contributed by atoms with Crippen molar-refractivity contribution in [3.05, 3.63) is 29.6 Å². The molecule has 0 amide bonds. The Morgan fingerprint density at radius 1 is 1.26 bits per heavy atom. The van der Waals surface area contributed by atoms with Crippen LogP contribution in [0.15, 0.2) is 18.2 Å². The van der Waals surface area contributed by atoms with Gasteiger partial charge in [-0.3, -0.25) is 4.90 Å². The average molecular weight is 268 g/mol. The highest BCUT2D eigenvalue weighted by molar-refractivity contribution is 5.31. The van der Waals surface area contributed by atoms with Crippen LogP contribution in [0.4, 0.5) is 4.39 Å². The first-order chi connectivity index (χ1) is 9.17. The van der Waals surface area contributed by atoms with Gasteiger partial charge in [-0.1, -0.05) is 19.9 Å². The minimum absolute atomic E-state index is 0.0697. The van der Waals surface area contributed by atoms with E-state index in [4.69, 9.17) is 10.5 Å². The largest absolute Gasteiger partial charge is 0.494 e. The number of methoxy groups -OCH3 is 1. The summed E-state index contributed by atoms with van der Waals surface area (Å²) >= 11 is 0. The van der Waals surface area contributed by atoms with Crippen LogP contribution in [-0.2, 0) is 0 Å². The lowest BCUT2D eigenvalue weighted by molar-refractivity contribution is 0.201. The van der Waals surface area contributed by atoms with Crippen molar-refractivity contribution >= 4 is 0 Å². The normalized spacial score (nSPS) is 12.7. The lowest BCUT2D eigenvalue weighted by atomic mass is 10.0. The van der Waals surface area contributed by atoms with Gasteiger partial charge in [0.1, 0.15) is 0 Å². The van der Waals surface area contributed by atoms with Gasteiger partial charge in [-0.15, -0.1) is 0 Å². The van der Waals surface area contributed by atoms with E-state index in [2.05, 4.69) is 18.7 Å². The third kappa shape index (κ3) is 4.18. The summed E-state index contributed by atoms with van der Waals surface area (Å²) in [6.07, 6.45) is 2.13. The fraction of sp³-hybridized carbons (Fsp3) is 0.600. The summed E-state index contributed by atoms with van der Waals surface area (Å²) in [7, 11) is 1.47. The number of nitrogens with two attached hydrogens (primary N) is 1. The Balaban J connectivity index is 2.96. The molecule has 0 aromatic heterocycles. The lowest BCUT2D eigenvalue weighted by Gasteiger charge is -2.30. The van der Waals surface area contributed by atoms with E-state index >= 15 is 0 Å². The summed E-state index contributed by atoms with van der Waals surface area (Å²) in [6.45, 7) is 6.73. The second-order valence-corrected chi connectivity index (χ2v) is 4.68. The highest BCUT2D eigenvalue weighted by Gasteiger charge is 2.19. The van der Waals surface area contributed by atoms with E-state index in [-0.39, 0.29) is 17.6 Å². The van der Waals surface area contributed by atoms with Crippen LogP contribution in [-0.4, -0.2) is 31.6 Å². The molecule has 0 saturated heterocycles. The first kappa shape index (κ1) is 15.9. The Morgan fingerprint density at radius 2 is 1.89 bits per heavy atom. The molecular weight excluding hydrogens is 243 g/mol. The molecule has 0 heterocycles. The van der Waals surface area contributed by atoms with Crippen molar-refractivity contribution in [1.82, 2.24) is 4.90 Å². The standard InChI is InChI=1S/C15H25FN2O/c1-4-8-18(9-5-2)14(11-17)12-6-7-15(19-3)13(16)10-12/h6-7,10,14H,4-5,8-9,11,17H2,1-3H3. The van der Waals surface area contributed by atoms with Gasteiger partial charge >= 0.3 is 0 Å². The average Bonchev–Trinajstić information content (AvgIpc) is 2.40. The number of hydrogen-bond acceptors (Lipinski definition) is 3. The molecular formula is C15H25FN2O. The summed E-state index contributed by atoms with van der Waals surface area (Å²) in [5.74, 6) is -0.0524. The van der Waals surface area contributed by atoms with E-state index in [1.165, 1.54) is 13.2 Å². The summed E-state index contributed by atoms with van der Waals surface area (Å²) in [5, 5.41) is 0. The molecule has 0 bridgehead atoms. The number of halogens is 1. The van der Waals surface area contributed by atoms with Crippen LogP contribution in [0, 0.1) is 5.82 Å². The van der Waals surface area contributed by atoms with Crippen LogP contribution in [0.25, 0.3) is 0 Å². The van der Waals surface area contributed by atoms with Gasteiger partial charge in [-0.2, -0.15) is 0 Å². The van der Waals surface area contributed by atoms with Crippen LogP contribution in [0.5, 0.6) is 5.75 Å². The van der Waals surface area contributed by atoms with E-state index < -0.39 is 0 Å². The molecule has 108 valence electrons. The van der Waals surface area contributed by atoms with E-state index in [9.17, 15) is 4.39 Å². The van der Waals surface area contributed by atoms with Crippen molar-refractivity contribution in [2.45, 2.75) is 32.7 Å². The van der Waals surface area contributed by atoms with E-state index in [1.54, 1.807) is 6.07 Å². The number of nitrogens with zero attached hydrogens (tertiary/aromatic N) is 1. The van der Waals surface area contributed by atoms with Crippen LogP contribution >= 0.6 is 0 Å². The van der Waals surface area contributed by atoms with Crippen molar-refractivity contribution in [2.75, 3.05) is 26.7 Å². The predicted molar refractivity (Wildman–Crippen MR) is 76.9 cm³/mol. The molecule has 0 fully saturated rings. The Bertz CT molecular complexity index is 378. The lowest BCUT2D eigenvalue weighted by Crippen LogP contribution is -2.35. The maximum atomic E-state index is 13.8. The predicted octanol–water partition coefficient (Wildman–Crippen LogP) is 2.96. The summed E-state index contributed by atoms with van der Waals surface area (Å²) in [5.41, 5.74) is 6.81. The zero-order valence-electron chi connectivity index (χ0n) is 12.2. The fourth-order valence-electron chi connectivity index (χ4n) is 2.38. The maximum Gasteiger partial charge on any atom is 0.165 e. The number of ether oxygens (including phenoxy) is 1. The minimum atomic E-state index is -0.327. The topological polar surface area (TPSA) is 38.5 Å². The molecule has 0 saturated carbocycles. The minimum Gasteiger partial charge on any atom is -0.494 e. The number of benzene rings is 1. The van der Waals surface area contributed by atoms with Crippen molar-refractivity contribution < 1.29 is 9.13 Å². The molecule has 19 heavy (non-hydrogen) atoms. The number of rotatable bonds is 8. The molecule has 1 atom stereocenters. The molecule has 2 N–H and O–H groups in total. The SMILES string of the molecule is CCCN(CCC)C(CN)c1ccc(OC)c(F)c1. The molecule has 0 radical (unpaired) electrons. The maximum absolute atomic E-state index is 13.8. The Kier molecular flexibility index (Phi) is 6.81.